The van der Waals surface area contributed by atoms with Crippen LogP contribution in [0.25, 0.3) is 0 Å². The zero-order valence-corrected chi connectivity index (χ0v) is 12.1. The number of hydrogen-bond acceptors (Lipinski definition) is 3. The lowest BCUT2D eigenvalue weighted by Crippen LogP contribution is -2.06. The second-order valence-corrected chi connectivity index (χ2v) is 6.01. The molecule has 1 unspecified atom stereocenters. The highest BCUT2D eigenvalue weighted by atomic mass is 35.5. The monoisotopic (exact) mass is 306 g/mol. The van der Waals surface area contributed by atoms with Gasteiger partial charge in [0.15, 0.2) is 5.17 Å². The van der Waals surface area contributed by atoms with Crippen molar-refractivity contribution in [2.24, 2.45) is 4.99 Å². The number of rotatable bonds is 2. The molecular formula is C15H12ClFN2S. The van der Waals surface area contributed by atoms with Crippen LogP contribution in [0, 0.1) is 5.82 Å². The molecule has 20 heavy (non-hydrogen) atoms. The zero-order chi connectivity index (χ0) is 13.9. The van der Waals surface area contributed by atoms with Crippen LogP contribution < -0.4 is 5.32 Å². The van der Waals surface area contributed by atoms with Crippen molar-refractivity contribution in [3.05, 3.63) is 64.9 Å². The molecule has 0 aromatic heterocycles. The van der Waals surface area contributed by atoms with Crippen molar-refractivity contribution < 1.29 is 4.39 Å². The Morgan fingerprint density at radius 1 is 1.20 bits per heavy atom. The van der Waals surface area contributed by atoms with Gasteiger partial charge in [-0.2, -0.15) is 0 Å². The van der Waals surface area contributed by atoms with Crippen molar-refractivity contribution in [1.82, 2.24) is 0 Å². The first-order chi connectivity index (χ1) is 9.72. The first-order valence-electron chi connectivity index (χ1n) is 6.20. The molecule has 0 saturated carbocycles. The van der Waals surface area contributed by atoms with Gasteiger partial charge >= 0.3 is 0 Å². The Morgan fingerprint density at radius 2 is 2.00 bits per heavy atom. The number of benzene rings is 2. The van der Waals surface area contributed by atoms with Crippen molar-refractivity contribution in [1.29, 1.82) is 0 Å². The summed E-state index contributed by atoms with van der Waals surface area (Å²) in [6.45, 7) is 0.712. The third-order valence-corrected chi connectivity index (χ3v) is 4.49. The molecule has 0 spiro atoms. The van der Waals surface area contributed by atoms with Crippen LogP contribution in [0.1, 0.15) is 10.8 Å². The molecule has 3 rings (SSSR count). The molecule has 102 valence electrons. The van der Waals surface area contributed by atoms with E-state index in [-0.39, 0.29) is 5.82 Å². The van der Waals surface area contributed by atoms with Crippen LogP contribution in [-0.4, -0.2) is 11.7 Å². The maximum atomic E-state index is 13.2. The van der Waals surface area contributed by atoms with E-state index in [1.807, 2.05) is 18.2 Å². The fourth-order valence-electron chi connectivity index (χ4n) is 1.99. The summed E-state index contributed by atoms with van der Waals surface area (Å²) in [5, 5.41) is 4.64. The average molecular weight is 307 g/mol. The number of anilines is 1. The lowest BCUT2D eigenvalue weighted by atomic mass is 10.1. The van der Waals surface area contributed by atoms with Crippen LogP contribution in [-0.2, 0) is 0 Å². The van der Waals surface area contributed by atoms with Gasteiger partial charge in [0.05, 0.1) is 22.5 Å². The molecule has 0 fully saturated rings. The molecule has 0 radical (unpaired) electrons. The molecule has 2 aromatic rings. The van der Waals surface area contributed by atoms with E-state index in [9.17, 15) is 4.39 Å². The van der Waals surface area contributed by atoms with Crippen LogP contribution in [0.2, 0.25) is 5.02 Å². The van der Waals surface area contributed by atoms with Gasteiger partial charge in [-0.25, -0.2) is 4.39 Å². The van der Waals surface area contributed by atoms with E-state index < -0.39 is 0 Å². The molecule has 2 nitrogen and oxygen atoms in total. The van der Waals surface area contributed by atoms with Gasteiger partial charge in [0.25, 0.3) is 0 Å². The van der Waals surface area contributed by atoms with Gasteiger partial charge in [-0.3, -0.25) is 4.99 Å². The highest BCUT2D eigenvalue weighted by Gasteiger charge is 2.21. The lowest BCUT2D eigenvalue weighted by Gasteiger charge is -2.10. The fraction of sp³-hybridized carbons (Fsp3) is 0.133. The summed E-state index contributed by atoms with van der Waals surface area (Å²) in [5.41, 5.74) is 1.79. The van der Waals surface area contributed by atoms with Gasteiger partial charge in [0.2, 0.25) is 0 Å². The molecule has 1 atom stereocenters. The van der Waals surface area contributed by atoms with Crippen molar-refractivity contribution in [2.75, 3.05) is 11.9 Å². The van der Waals surface area contributed by atoms with Crippen molar-refractivity contribution in [3.63, 3.8) is 0 Å². The molecule has 0 bridgehead atoms. The summed E-state index contributed by atoms with van der Waals surface area (Å²) < 4.78 is 13.2. The lowest BCUT2D eigenvalue weighted by molar-refractivity contribution is 0.628. The third-order valence-electron chi connectivity index (χ3n) is 3.00. The van der Waals surface area contributed by atoms with E-state index in [2.05, 4.69) is 22.4 Å². The molecule has 1 aliphatic heterocycles. The molecule has 0 aliphatic carbocycles. The molecular weight excluding hydrogens is 295 g/mol. The Bertz CT molecular complexity index is 646. The van der Waals surface area contributed by atoms with Gasteiger partial charge < -0.3 is 5.32 Å². The number of nitrogens with one attached hydrogen (secondary N) is 1. The van der Waals surface area contributed by atoms with E-state index in [1.54, 1.807) is 11.8 Å². The number of halogens is 2. The first-order valence-corrected chi connectivity index (χ1v) is 7.46. The Kier molecular flexibility index (Phi) is 3.94. The van der Waals surface area contributed by atoms with Gasteiger partial charge in [-0.05, 0) is 23.8 Å². The predicted molar refractivity (Wildman–Crippen MR) is 84.1 cm³/mol. The maximum absolute atomic E-state index is 13.2. The first kappa shape index (κ1) is 13.5. The van der Waals surface area contributed by atoms with Crippen molar-refractivity contribution in [2.45, 2.75) is 5.25 Å². The van der Waals surface area contributed by atoms with E-state index >= 15 is 0 Å². The highest BCUT2D eigenvalue weighted by molar-refractivity contribution is 8.14. The third kappa shape index (κ3) is 2.97. The molecule has 1 aliphatic rings. The van der Waals surface area contributed by atoms with Gasteiger partial charge in [-0.15, -0.1) is 0 Å². The van der Waals surface area contributed by atoms with Crippen LogP contribution in [0.3, 0.4) is 0 Å². The SMILES string of the molecule is Fc1ccc(Cl)c(NC2=NCC(c3ccccc3)S2)c1. The summed E-state index contributed by atoms with van der Waals surface area (Å²) in [4.78, 5) is 4.45. The summed E-state index contributed by atoms with van der Waals surface area (Å²) in [7, 11) is 0. The van der Waals surface area contributed by atoms with Crippen LogP contribution in [0.4, 0.5) is 10.1 Å². The zero-order valence-electron chi connectivity index (χ0n) is 10.5. The Morgan fingerprint density at radius 3 is 2.80 bits per heavy atom. The summed E-state index contributed by atoms with van der Waals surface area (Å²) >= 11 is 7.67. The maximum Gasteiger partial charge on any atom is 0.161 e. The molecule has 1 N–H and O–H groups in total. The van der Waals surface area contributed by atoms with Crippen molar-refractivity contribution >= 4 is 34.2 Å². The Labute approximate surface area is 126 Å². The molecule has 0 saturated heterocycles. The smallest absolute Gasteiger partial charge is 0.161 e. The van der Waals surface area contributed by atoms with E-state index in [1.165, 1.54) is 23.8 Å². The summed E-state index contributed by atoms with van der Waals surface area (Å²) in [6.07, 6.45) is 0. The fourth-order valence-corrected chi connectivity index (χ4v) is 3.19. The van der Waals surface area contributed by atoms with Gasteiger partial charge in [-0.1, -0.05) is 53.7 Å². The standard InChI is InChI=1S/C15H12ClFN2S/c16-12-7-6-11(17)8-13(12)19-15-18-9-14(20-15)10-4-2-1-3-5-10/h1-8,14H,9H2,(H,18,19). The second kappa shape index (κ2) is 5.85. The topological polar surface area (TPSA) is 24.4 Å². The minimum Gasteiger partial charge on any atom is -0.334 e. The van der Waals surface area contributed by atoms with E-state index in [0.717, 1.165) is 5.17 Å². The van der Waals surface area contributed by atoms with Crippen molar-refractivity contribution in [3.8, 4) is 0 Å². The van der Waals surface area contributed by atoms with Gasteiger partial charge in [0, 0.05) is 0 Å². The van der Waals surface area contributed by atoms with Gasteiger partial charge in [0.1, 0.15) is 5.82 Å². The Hall–Kier alpha value is -1.52. The number of amidine groups is 1. The molecule has 5 heteroatoms. The largest absolute Gasteiger partial charge is 0.334 e. The Balaban J connectivity index is 1.70. The number of hydrogen-bond donors (Lipinski definition) is 1. The van der Waals surface area contributed by atoms with E-state index in [0.29, 0.717) is 22.5 Å². The van der Waals surface area contributed by atoms with Crippen LogP contribution in [0.5, 0.6) is 0 Å². The minimum absolute atomic E-state index is 0.297. The number of aliphatic imine (C=N–C) groups is 1. The van der Waals surface area contributed by atoms with Crippen LogP contribution in [0.15, 0.2) is 53.5 Å². The van der Waals surface area contributed by atoms with E-state index in [4.69, 9.17) is 11.6 Å². The molecule has 1 heterocycles. The highest BCUT2D eigenvalue weighted by Crippen LogP contribution is 2.36. The van der Waals surface area contributed by atoms with Crippen LogP contribution >= 0.6 is 23.4 Å². The molecule has 0 amide bonds. The minimum atomic E-state index is -0.319. The second-order valence-electron chi connectivity index (χ2n) is 4.41. The predicted octanol–water partition coefficient (Wildman–Crippen LogP) is 4.74. The number of nitrogens with zero attached hydrogens (tertiary/aromatic N) is 1. The normalized spacial score (nSPS) is 17.9. The average Bonchev–Trinajstić information content (AvgIpc) is 2.92. The summed E-state index contributed by atoms with van der Waals surface area (Å²) in [6, 6.07) is 14.5. The molecule has 2 aromatic carbocycles. The quantitative estimate of drug-likeness (QED) is 0.867. The summed E-state index contributed by atoms with van der Waals surface area (Å²) in [5.74, 6) is -0.319. The number of thioether (sulfide) groups is 1.